The van der Waals surface area contributed by atoms with E-state index < -0.39 is 23.6 Å². The van der Waals surface area contributed by atoms with E-state index in [9.17, 15) is 14.7 Å². The molecule has 14 heavy (non-hydrogen) atoms. The molecule has 0 aliphatic carbocycles. The number of nitrogens with one attached hydrogen (secondary N) is 1. The molecule has 0 saturated carbocycles. The molecule has 0 aliphatic heterocycles. The maximum atomic E-state index is 11.0. The molecule has 0 aromatic heterocycles. The Morgan fingerprint density at radius 1 is 1.43 bits per heavy atom. The van der Waals surface area contributed by atoms with E-state index in [2.05, 4.69) is 5.32 Å². The molecule has 0 spiro atoms. The maximum Gasteiger partial charge on any atom is 0.407 e. The van der Waals surface area contributed by atoms with Gasteiger partial charge >= 0.3 is 6.09 Å². The Bertz CT molecular complexity index is 219. The van der Waals surface area contributed by atoms with Gasteiger partial charge in [-0.3, -0.25) is 0 Å². The molecule has 5 heteroatoms. The summed E-state index contributed by atoms with van der Waals surface area (Å²) in [6.07, 6.45) is -0.620. The van der Waals surface area contributed by atoms with Crippen LogP contribution < -0.4 is 10.4 Å². The molecular formula is C9H16NO4-. The summed E-state index contributed by atoms with van der Waals surface area (Å²) in [5.74, 6) is -1.91. The van der Waals surface area contributed by atoms with Crippen LogP contribution in [0.1, 0.15) is 27.7 Å². The Labute approximate surface area is 83.4 Å². The molecule has 5 nitrogen and oxygen atoms in total. The first-order valence-electron chi connectivity index (χ1n) is 4.40. The molecule has 0 aliphatic rings. The zero-order valence-corrected chi connectivity index (χ0v) is 8.92. The topological polar surface area (TPSA) is 78.5 Å². The largest absolute Gasteiger partial charge is 0.550 e. The van der Waals surface area contributed by atoms with Crippen molar-refractivity contribution in [1.82, 2.24) is 5.32 Å². The Morgan fingerprint density at radius 3 is 2.29 bits per heavy atom. The molecule has 0 aromatic carbocycles. The second-order valence-electron chi connectivity index (χ2n) is 4.10. The third-order valence-corrected chi connectivity index (χ3v) is 1.35. The molecule has 1 N–H and O–H groups in total. The summed E-state index contributed by atoms with van der Waals surface area (Å²) in [5.41, 5.74) is -0.575. The van der Waals surface area contributed by atoms with Gasteiger partial charge in [0.25, 0.3) is 0 Å². The van der Waals surface area contributed by atoms with Gasteiger partial charge in [-0.1, -0.05) is 6.92 Å². The van der Waals surface area contributed by atoms with Crippen molar-refractivity contribution in [3.63, 3.8) is 0 Å². The third-order valence-electron chi connectivity index (χ3n) is 1.35. The van der Waals surface area contributed by atoms with E-state index in [0.29, 0.717) is 0 Å². The number of ether oxygens (including phenoxy) is 1. The molecular weight excluding hydrogens is 186 g/mol. The van der Waals surface area contributed by atoms with E-state index in [4.69, 9.17) is 4.74 Å². The number of carboxylic acids is 1. The summed E-state index contributed by atoms with van der Waals surface area (Å²) in [6, 6.07) is 0. The Hall–Kier alpha value is -1.26. The number of carbonyl (C=O) groups excluding carboxylic acids is 2. The number of hydrogen-bond acceptors (Lipinski definition) is 4. The van der Waals surface area contributed by atoms with Crippen LogP contribution in [0.2, 0.25) is 0 Å². The lowest BCUT2D eigenvalue weighted by Crippen LogP contribution is -2.40. The van der Waals surface area contributed by atoms with Gasteiger partial charge in [0.1, 0.15) is 5.60 Å². The van der Waals surface area contributed by atoms with E-state index in [1.807, 2.05) is 0 Å². The van der Waals surface area contributed by atoms with E-state index >= 15 is 0 Å². The lowest BCUT2D eigenvalue weighted by Gasteiger charge is -2.20. The zero-order valence-electron chi connectivity index (χ0n) is 8.92. The number of alkyl carbamates (subject to hydrolysis) is 1. The summed E-state index contributed by atoms with van der Waals surface area (Å²) in [4.78, 5) is 21.3. The fourth-order valence-corrected chi connectivity index (χ4v) is 0.634. The number of hydrogen-bond donors (Lipinski definition) is 1. The Kier molecular flexibility index (Phi) is 4.40. The lowest BCUT2D eigenvalue weighted by molar-refractivity contribution is -0.310. The van der Waals surface area contributed by atoms with Crippen molar-refractivity contribution < 1.29 is 19.4 Å². The second-order valence-corrected chi connectivity index (χ2v) is 4.10. The first-order chi connectivity index (χ1) is 6.22. The molecule has 0 fully saturated rings. The van der Waals surface area contributed by atoms with Crippen LogP contribution >= 0.6 is 0 Å². The maximum absolute atomic E-state index is 11.0. The third kappa shape index (κ3) is 6.28. The van der Waals surface area contributed by atoms with Crippen molar-refractivity contribution in [2.24, 2.45) is 5.92 Å². The summed E-state index contributed by atoms with van der Waals surface area (Å²) in [5, 5.41) is 12.6. The van der Waals surface area contributed by atoms with Gasteiger partial charge in [-0.05, 0) is 20.8 Å². The smallest absolute Gasteiger partial charge is 0.407 e. The van der Waals surface area contributed by atoms with Crippen LogP contribution in [0.25, 0.3) is 0 Å². The van der Waals surface area contributed by atoms with Crippen LogP contribution in [0.3, 0.4) is 0 Å². The van der Waals surface area contributed by atoms with Crippen LogP contribution in [0.4, 0.5) is 4.79 Å². The predicted molar refractivity (Wildman–Crippen MR) is 48.4 cm³/mol. The summed E-state index contributed by atoms with van der Waals surface area (Å²) >= 11 is 0. The summed E-state index contributed by atoms with van der Waals surface area (Å²) in [7, 11) is 0. The SMILES string of the molecule is C[C@H](CNC(=O)OC(C)(C)C)C(=O)[O-]. The Balaban J connectivity index is 3.81. The van der Waals surface area contributed by atoms with Crippen LogP contribution in [-0.4, -0.2) is 24.2 Å². The molecule has 0 aromatic rings. The van der Waals surface area contributed by atoms with Crippen LogP contribution in [0.5, 0.6) is 0 Å². The Morgan fingerprint density at radius 2 is 1.93 bits per heavy atom. The number of rotatable bonds is 3. The van der Waals surface area contributed by atoms with Gasteiger partial charge in [0, 0.05) is 18.4 Å². The van der Waals surface area contributed by atoms with E-state index in [1.54, 1.807) is 20.8 Å². The molecule has 1 amide bonds. The number of amides is 1. The first kappa shape index (κ1) is 12.7. The minimum absolute atomic E-state index is 0.0112. The van der Waals surface area contributed by atoms with Crippen LogP contribution in [-0.2, 0) is 9.53 Å². The van der Waals surface area contributed by atoms with E-state index in [0.717, 1.165) is 0 Å². The monoisotopic (exact) mass is 202 g/mol. The molecule has 0 rings (SSSR count). The van der Waals surface area contributed by atoms with Gasteiger partial charge in [-0.2, -0.15) is 0 Å². The molecule has 0 bridgehead atoms. The van der Waals surface area contributed by atoms with Crippen LogP contribution in [0.15, 0.2) is 0 Å². The highest BCUT2D eigenvalue weighted by Crippen LogP contribution is 2.06. The van der Waals surface area contributed by atoms with E-state index in [1.165, 1.54) is 6.92 Å². The van der Waals surface area contributed by atoms with Crippen molar-refractivity contribution in [1.29, 1.82) is 0 Å². The van der Waals surface area contributed by atoms with Gasteiger partial charge in [-0.15, -0.1) is 0 Å². The van der Waals surface area contributed by atoms with Gasteiger partial charge < -0.3 is 20.0 Å². The molecule has 0 radical (unpaired) electrons. The fourth-order valence-electron chi connectivity index (χ4n) is 0.634. The fraction of sp³-hybridized carbons (Fsp3) is 0.778. The van der Waals surface area contributed by atoms with Crippen molar-refractivity contribution in [3.8, 4) is 0 Å². The van der Waals surface area contributed by atoms with Crippen LogP contribution in [0, 0.1) is 5.92 Å². The van der Waals surface area contributed by atoms with Crippen molar-refractivity contribution in [2.45, 2.75) is 33.3 Å². The molecule has 82 valence electrons. The van der Waals surface area contributed by atoms with Crippen molar-refractivity contribution in [3.05, 3.63) is 0 Å². The highest BCUT2D eigenvalue weighted by atomic mass is 16.6. The van der Waals surface area contributed by atoms with Gasteiger partial charge in [0.05, 0.1) is 0 Å². The zero-order chi connectivity index (χ0) is 11.4. The number of carbonyl (C=O) groups is 2. The quantitative estimate of drug-likeness (QED) is 0.693. The second kappa shape index (κ2) is 4.83. The molecule has 0 unspecified atom stereocenters. The molecule has 0 saturated heterocycles. The molecule has 0 heterocycles. The van der Waals surface area contributed by atoms with Gasteiger partial charge in [0.2, 0.25) is 0 Å². The summed E-state index contributed by atoms with van der Waals surface area (Å²) < 4.78 is 4.90. The highest BCUT2D eigenvalue weighted by molar-refractivity contribution is 5.71. The number of aliphatic carboxylic acids is 1. The highest BCUT2D eigenvalue weighted by Gasteiger charge is 2.16. The van der Waals surface area contributed by atoms with Gasteiger partial charge in [0.15, 0.2) is 0 Å². The predicted octanol–water partition coefficient (Wildman–Crippen LogP) is -0.103. The normalized spacial score (nSPS) is 13.1. The minimum Gasteiger partial charge on any atom is -0.550 e. The number of carboxylic acid groups (broad SMARTS) is 1. The standard InChI is InChI=1S/C9H17NO4/c1-6(7(11)12)5-10-8(13)14-9(2,3)4/h6H,5H2,1-4H3,(H,10,13)(H,11,12)/p-1/t6-/m1/s1. The average Bonchev–Trinajstić information content (AvgIpc) is 1.96. The lowest BCUT2D eigenvalue weighted by atomic mass is 10.2. The first-order valence-corrected chi connectivity index (χ1v) is 4.40. The van der Waals surface area contributed by atoms with Crippen molar-refractivity contribution in [2.75, 3.05) is 6.54 Å². The van der Waals surface area contributed by atoms with Gasteiger partial charge in [-0.25, -0.2) is 4.79 Å². The average molecular weight is 202 g/mol. The van der Waals surface area contributed by atoms with Crippen molar-refractivity contribution >= 4 is 12.1 Å². The van der Waals surface area contributed by atoms with E-state index in [-0.39, 0.29) is 6.54 Å². The summed E-state index contributed by atoms with van der Waals surface area (Å²) in [6.45, 7) is 6.65. The minimum atomic E-state index is -1.19. The molecule has 1 atom stereocenters.